The van der Waals surface area contributed by atoms with Crippen LogP contribution in [0.4, 0.5) is 0 Å². The van der Waals surface area contributed by atoms with Gasteiger partial charge in [0, 0.05) is 25.2 Å². The van der Waals surface area contributed by atoms with Crippen LogP contribution in [0.25, 0.3) is 0 Å². The summed E-state index contributed by atoms with van der Waals surface area (Å²) in [6.45, 7) is 7.23. The molecule has 0 amide bonds. The second-order valence-corrected chi connectivity index (χ2v) is 9.09. The van der Waals surface area contributed by atoms with Gasteiger partial charge in [0.25, 0.3) is 0 Å². The molecule has 1 aliphatic carbocycles. The maximum Gasteiger partial charge on any atom is 0.218 e. The molecule has 1 N–H and O–H groups in total. The molecule has 4 nitrogen and oxygen atoms in total. The molecule has 2 aliphatic rings. The van der Waals surface area contributed by atoms with Crippen molar-refractivity contribution in [3.8, 4) is 0 Å². The molecule has 5 heteroatoms. The molecule has 2 rings (SSSR count). The van der Waals surface area contributed by atoms with E-state index in [1.54, 1.807) is 0 Å². The number of rotatable bonds is 5. The molecule has 0 radical (unpaired) electrons. The van der Waals surface area contributed by atoms with Crippen molar-refractivity contribution in [1.29, 1.82) is 0 Å². The second kappa shape index (κ2) is 6.75. The first-order chi connectivity index (χ1) is 9.43. The molecule has 0 bridgehead atoms. The third kappa shape index (κ3) is 3.55. The number of fused-ring (bicyclic) bond motifs is 1. The predicted octanol–water partition coefficient (Wildman–Crippen LogP) is 2.36. The summed E-state index contributed by atoms with van der Waals surface area (Å²) in [5, 5.41) is 2.93. The van der Waals surface area contributed by atoms with Gasteiger partial charge in [-0.15, -0.1) is 0 Å². The van der Waals surface area contributed by atoms with E-state index in [0.717, 1.165) is 19.4 Å². The van der Waals surface area contributed by atoms with Crippen LogP contribution in [-0.2, 0) is 10.0 Å². The standard InChI is InChI=1S/C15H30N2O2S/c1-12(2)16-11-13(3)20(18,19)17-10-6-8-14-7-4-5-9-15(14)17/h12-16H,4-11H2,1-3H3. The van der Waals surface area contributed by atoms with Gasteiger partial charge in [-0.3, -0.25) is 0 Å². The van der Waals surface area contributed by atoms with Crippen molar-refractivity contribution in [2.45, 2.75) is 76.6 Å². The highest BCUT2D eigenvalue weighted by atomic mass is 32.2. The zero-order valence-electron chi connectivity index (χ0n) is 13.1. The van der Waals surface area contributed by atoms with Gasteiger partial charge in [-0.2, -0.15) is 4.31 Å². The van der Waals surface area contributed by atoms with E-state index in [9.17, 15) is 8.42 Å². The summed E-state index contributed by atoms with van der Waals surface area (Å²) >= 11 is 0. The highest BCUT2D eigenvalue weighted by Crippen LogP contribution is 2.37. The van der Waals surface area contributed by atoms with Crippen LogP contribution in [0.2, 0.25) is 0 Å². The van der Waals surface area contributed by atoms with E-state index < -0.39 is 10.0 Å². The van der Waals surface area contributed by atoms with Crippen LogP contribution in [-0.4, -0.2) is 43.1 Å². The molecule has 1 saturated heterocycles. The van der Waals surface area contributed by atoms with Gasteiger partial charge >= 0.3 is 0 Å². The molecule has 2 fully saturated rings. The molecule has 3 unspecified atom stereocenters. The Bertz CT molecular complexity index is 406. The fraction of sp³-hybridized carbons (Fsp3) is 1.00. The highest BCUT2D eigenvalue weighted by Gasteiger charge is 2.41. The van der Waals surface area contributed by atoms with Crippen molar-refractivity contribution in [3.63, 3.8) is 0 Å². The maximum atomic E-state index is 12.8. The second-order valence-electron chi connectivity index (χ2n) is 6.78. The molecule has 0 aromatic heterocycles. The molecule has 1 heterocycles. The topological polar surface area (TPSA) is 49.4 Å². The van der Waals surface area contributed by atoms with Gasteiger partial charge in [-0.05, 0) is 38.5 Å². The van der Waals surface area contributed by atoms with E-state index in [1.165, 1.54) is 25.7 Å². The van der Waals surface area contributed by atoms with E-state index in [-0.39, 0.29) is 11.3 Å². The van der Waals surface area contributed by atoms with E-state index in [4.69, 9.17) is 0 Å². The Labute approximate surface area is 124 Å². The lowest BCUT2D eigenvalue weighted by Gasteiger charge is -2.44. The van der Waals surface area contributed by atoms with Crippen LogP contribution in [0, 0.1) is 5.92 Å². The van der Waals surface area contributed by atoms with Crippen molar-refractivity contribution in [2.75, 3.05) is 13.1 Å². The number of nitrogens with one attached hydrogen (secondary N) is 1. The Morgan fingerprint density at radius 3 is 2.45 bits per heavy atom. The average molecular weight is 302 g/mol. The Morgan fingerprint density at radius 2 is 1.75 bits per heavy atom. The van der Waals surface area contributed by atoms with Crippen molar-refractivity contribution in [1.82, 2.24) is 9.62 Å². The van der Waals surface area contributed by atoms with Gasteiger partial charge in [0.05, 0.1) is 5.25 Å². The first kappa shape index (κ1) is 16.2. The molecule has 1 saturated carbocycles. The van der Waals surface area contributed by atoms with Crippen LogP contribution in [0.1, 0.15) is 59.3 Å². The zero-order chi connectivity index (χ0) is 14.8. The SMILES string of the molecule is CC(C)NCC(C)S(=O)(=O)N1CCCC2CCCCC21. The van der Waals surface area contributed by atoms with Crippen molar-refractivity contribution in [3.05, 3.63) is 0 Å². The summed E-state index contributed by atoms with van der Waals surface area (Å²) in [7, 11) is -3.16. The summed E-state index contributed by atoms with van der Waals surface area (Å²) in [5.41, 5.74) is 0. The number of hydrogen-bond acceptors (Lipinski definition) is 3. The molecular formula is C15H30N2O2S. The van der Waals surface area contributed by atoms with Crippen molar-refractivity contribution in [2.24, 2.45) is 5.92 Å². The first-order valence-corrected chi connectivity index (χ1v) is 9.67. The smallest absolute Gasteiger partial charge is 0.218 e. The minimum Gasteiger partial charge on any atom is -0.313 e. The molecule has 20 heavy (non-hydrogen) atoms. The number of nitrogens with zero attached hydrogens (tertiary/aromatic N) is 1. The van der Waals surface area contributed by atoms with Crippen LogP contribution < -0.4 is 5.32 Å². The van der Waals surface area contributed by atoms with Gasteiger partial charge in [0.15, 0.2) is 0 Å². The lowest BCUT2D eigenvalue weighted by molar-refractivity contribution is 0.128. The Balaban J connectivity index is 2.06. The minimum atomic E-state index is -3.16. The summed E-state index contributed by atoms with van der Waals surface area (Å²) in [4.78, 5) is 0. The van der Waals surface area contributed by atoms with Gasteiger partial charge in [-0.25, -0.2) is 8.42 Å². The highest BCUT2D eigenvalue weighted by molar-refractivity contribution is 7.89. The molecule has 1 aliphatic heterocycles. The predicted molar refractivity (Wildman–Crippen MR) is 83.2 cm³/mol. The molecule has 0 spiro atoms. The largest absolute Gasteiger partial charge is 0.313 e. The number of piperidine rings is 1. The Morgan fingerprint density at radius 1 is 1.10 bits per heavy atom. The fourth-order valence-corrected chi connectivity index (χ4v) is 5.44. The van der Waals surface area contributed by atoms with Gasteiger partial charge in [0.2, 0.25) is 10.0 Å². The third-order valence-corrected chi connectivity index (χ3v) is 7.13. The molecule has 0 aromatic rings. The molecule has 118 valence electrons. The van der Waals surface area contributed by atoms with E-state index in [2.05, 4.69) is 19.2 Å². The van der Waals surface area contributed by atoms with Crippen LogP contribution in [0.5, 0.6) is 0 Å². The van der Waals surface area contributed by atoms with Gasteiger partial charge < -0.3 is 5.32 Å². The molecule has 0 aromatic carbocycles. The number of hydrogen-bond donors (Lipinski definition) is 1. The van der Waals surface area contributed by atoms with Gasteiger partial charge in [0.1, 0.15) is 0 Å². The normalized spacial score (nSPS) is 30.2. The van der Waals surface area contributed by atoms with Crippen LogP contribution in [0.15, 0.2) is 0 Å². The lowest BCUT2D eigenvalue weighted by atomic mass is 9.79. The summed E-state index contributed by atoms with van der Waals surface area (Å²) < 4.78 is 27.5. The van der Waals surface area contributed by atoms with E-state index >= 15 is 0 Å². The van der Waals surface area contributed by atoms with Crippen LogP contribution >= 0.6 is 0 Å². The zero-order valence-corrected chi connectivity index (χ0v) is 14.0. The maximum absolute atomic E-state index is 12.8. The van der Waals surface area contributed by atoms with Crippen molar-refractivity contribution >= 4 is 10.0 Å². The monoisotopic (exact) mass is 302 g/mol. The van der Waals surface area contributed by atoms with Crippen LogP contribution in [0.3, 0.4) is 0 Å². The summed E-state index contributed by atoms with van der Waals surface area (Å²) in [6.07, 6.45) is 6.99. The fourth-order valence-electron chi connectivity index (χ4n) is 3.63. The Kier molecular flexibility index (Phi) is 5.49. The minimum absolute atomic E-state index is 0.281. The Hall–Kier alpha value is -0.130. The first-order valence-electron chi connectivity index (χ1n) is 8.17. The average Bonchev–Trinajstić information content (AvgIpc) is 2.43. The molecule has 3 atom stereocenters. The van der Waals surface area contributed by atoms with E-state index in [1.807, 2.05) is 11.2 Å². The quantitative estimate of drug-likeness (QED) is 0.848. The third-order valence-electron chi connectivity index (χ3n) is 4.84. The summed E-state index contributed by atoms with van der Waals surface area (Å²) in [5.74, 6) is 0.609. The summed E-state index contributed by atoms with van der Waals surface area (Å²) in [6, 6.07) is 0.612. The number of sulfonamides is 1. The lowest BCUT2D eigenvalue weighted by Crippen LogP contribution is -2.53. The molecular weight excluding hydrogens is 272 g/mol. The van der Waals surface area contributed by atoms with Gasteiger partial charge in [-0.1, -0.05) is 26.7 Å². The van der Waals surface area contributed by atoms with E-state index in [0.29, 0.717) is 18.5 Å². The van der Waals surface area contributed by atoms with Crippen molar-refractivity contribution < 1.29 is 8.42 Å².